The van der Waals surface area contributed by atoms with Crippen molar-refractivity contribution in [1.29, 1.82) is 0 Å². The molecule has 0 amide bonds. The van der Waals surface area contributed by atoms with E-state index in [2.05, 4.69) is 30.1 Å². The summed E-state index contributed by atoms with van der Waals surface area (Å²) in [5, 5.41) is 0.884. The fraction of sp³-hybridized carbons (Fsp3) is 0.176. The van der Waals surface area contributed by atoms with Crippen LogP contribution in [0.25, 0.3) is 11.0 Å². The van der Waals surface area contributed by atoms with Crippen molar-refractivity contribution in [2.75, 3.05) is 11.9 Å². The molecule has 1 aromatic heterocycles. The molecule has 1 aliphatic rings. The minimum absolute atomic E-state index is 0.227. The molecule has 0 fully saturated rings. The van der Waals surface area contributed by atoms with E-state index in [-0.39, 0.29) is 5.38 Å². The molecule has 0 radical (unpaired) electrons. The van der Waals surface area contributed by atoms with Gasteiger partial charge in [0.2, 0.25) is 0 Å². The number of furan rings is 1. The van der Waals surface area contributed by atoms with Gasteiger partial charge in [-0.3, -0.25) is 4.55 Å². The maximum Gasteiger partial charge on any atom is 0.522 e. The zero-order chi connectivity index (χ0) is 20.0. The van der Waals surface area contributed by atoms with E-state index in [9.17, 15) is 13.2 Å². The highest BCUT2D eigenvalue weighted by Crippen LogP contribution is 2.50. The SMILES string of the molecule is CN1c2ccccc2C(Cl)c2oc3ccccc3c21.O=S(=O)(O)C(F)(F)F. The van der Waals surface area contributed by atoms with Crippen LogP contribution in [-0.2, 0) is 10.1 Å². The van der Waals surface area contributed by atoms with E-state index < -0.39 is 15.6 Å². The van der Waals surface area contributed by atoms with Crippen LogP contribution in [0.2, 0.25) is 0 Å². The second-order valence-corrected chi connectivity index (χ2v) is 7.56. The molecular formula is C17H13ClF3NO4S. The molecule has 4 rings (SSSR count). The summed E-state index contributed by atoms with van der Waals surface area (Å²) < 4.78 is 63.5. The van der Waals surface area contributed by atoms with Crippen LogP contribution in [0.3, 0.4) is 0 Å². The Bertz CT molecular complexity index is 1090. The van der Waals surface area contributed by atoms with Crippen LogP contribution in [0, 0.1) is 0 Å². The van der Waals surface area contributed by atoms with E-state index in [4.69, 9.17) is 29.0 Å². The van der Waals surface area contributed by atoms with Crippen LogP contribution < -0.4 is 4.90 Å². The summed E-state index contributed by atoms with van der Waals surface area (Å²) in [6.45, 7) is 0. The monoisotopic (exact) mass is 419 g/mol. The summed E-state index contributed by atoms with van der Waals surface area (Å²) in [6.07, 6.45) is 0. The lowest BCUT2D eigenvalue weighted by atomic mass is 10.00. The lowest BCUT2D eigenvalue weighted by Gasteiger charge is -2.29. The molecule has 2 aromatic carbocycles. The summed E-state index contributed by atoms with van der Waals surface area (Å²) in [5.41, 5.74) is -1.33. The summed E-state index contributed by atoms with van der Waals surface area (Å²) in [6, 6.07) is 16.3. The lowest BCUT2D eigenvalue weighted by Crippen LogP contribution is -2.21. The number of hydrogen-bond acceptors (Lipinski definition) is 4. The summed E-state index contributed by atoms with van der Waals surface area (Å²) in [7, 11) is -3.78. The smallest absolute Gasteiger partial charge is 0.457 e. The van der Waals surface area contributed by atoms with Gasteiger partial charge in [0, 0.05) is 23.7 Å². The Hall–Kier alpha value is -2.23. The standard InChI is InChI=1S/C16H12ClNO.CHF3O3S/c1-18-12-8-4-2-6-10(12)14(17)16-15(18)11-7-3-5-9-13(11)19-16;2-1(3,4)8(5,6)7/h2-9,14H,1H3;(H,5,6,7). The van der Waals surface area contributed by atoms with Crippen LogP contribution in [0.5, 0.6) is 0 Å². The van der Waals surface area contributed by atoms with E-state index in [1.54, 1.807) is 0 Å². The van der Waals surface area contributed by atoms with E-state index in [1.165, 1.54) is 0 Å². The number of alkyl halides is 4. The second kappa shape index (κ2) is 6.74. The maximum absolute atomic E-state index is 10.7. The number of benzene rings is 2. The summed E-state index contributed by atoms with van der Waals surface area (Å²) >= 11 is 6.59. The normalized spacial score (nSPS) is 16.4. The molecule has 1 aliphatic heterocycles. The number of hydrogen-bond donors (Lipinski definition) is 1. The fourth-order valence-electron chi connectivity index (χ4n) is 2.84. The molecule has 0 aliphatic carbocycles. The number of nitrogens with zero attached hydrogens (tertiary/aromatic N) is 1. The molecule has 0 saturated heterocycles. The van der Waals surface area contributed by atoms with Crippen molar-refractivity contribution in [2.24, 2.45) is 0 Å². The van der Waals surface area contributed by atoms with Gasteiger partial charge in [0.15, 0.2) is 5.76 Å². The minimum atomic E-state index is -5.84. The molecule has 0 spiro atoms. The Morgan fingerprint density at radius 3 is 2.30 bits per heavy atom. The van der Waals surface area contributed by atoms with Gasteiger partial charge in [-0.2, -0.15) is 21.6 Å². The van der Waals surface area contributed by atoms with Crippen LogP contribution in [0.15, 0.2) is 52.9 Å². The van der Waals surface area contributed by atoms with E-state index >= 15 is 0 Å². The molecule has 0 bridgehead atoms. The molecule has 3 aromatic rings. The molecule has 1 atom stereocenters. The quantitative estimate of drug-likeness (QED) is 0.306. The Labute approximate surface area is 157 Å². The van der Waals surface area contributed by atoms with Crippen LogP contribution >= 0.6 is 11.6 Å². The number of para-hydroxylation sites is 2. The van der Waals surface area contributed by atoms with Crippen molar-refractivity contribution in [1.82, 2.24) is 0 Å². The maximum atomic E-state index is 10.7. The van der Waals surface area contributed by atoms with Gasteiger partial charge in [-0.05, 0) is 18.2 Å². The van der Waals surface area contributed by atoms with Crippen LogP contribution in [-0.4, -0.2) is 25.5 Å². The fourth-order valence-corrected chi connectivity index (χ4v) is 3.17. The van der Waals surface area contributed by atoms with Gasteiger partial charge in [0.1, 0.15) is 11.0 Å². The van der Waals surface area contributed by atoms with Gasteiger partial charge in [-0.25, -0.2) is 0 Å². The van der Waals surface area contributed by atoms with Crippen molar-refractivity contribution in [2.45, 2.75) is 10.9 Å². The molecule has 5 nitrogen and oxygen atoms in total. The molecule has 0 saturated carbocycles. The first-order valence-electron chi connectivity index (χ1n) is 7.54. The first kappa shape index (κ1) is 19.5. The van der Waals surface area contributed by atoms with Crippen molar-refractivity contribution in [3.05, 3.63) is 59.9 Å². The minimum Gasteiger partial charge on any atom is -0.457 e. The topological polar surface area (TPSA) is 70.8 Å². The number of rotatable bonds is 0. The third kappa shape index (κ3) is 3.50. The Morgan fingerprint density at radius 2 is 1.67 bits per heavy atom. The van der Waals surface area contributed by atoms with Gasteiger partial charge in [0.25, 0.3) is 0 Å². The summed E-state index contributed by atoms with van der Waals surface area (Å²) in [4.78, 5) is 2.16. The molecule has 1 unspecified atom stereocenters. The Balaban J connectivity index is 0.000000226. The molecule has 1 N–H and O–H groups in total. The molecule has 2 heterocycles. The highest BCUT2D eigenvalue weighted by molar-refractivity contribution is 7.86. The Kier molecular flexibility index (Phi) is 4.87. The Morgan fingerprint density at radius 1 is 1.11 bits per heavy atom. The van der Waals surface area contributed by atoms with Gasteiger partial charge in [-0.1, -0.05) is 30.3 Å². The van der Waals surface area contributed by atoms with Gasteiger partial charge >= 0.3 is 15.6 Å². The highest BCUT2D eigenvalue weighted by atomic mass is 35.5. The first-order valence-corrected chi connectivity index (χ1v) is 9.42. The van der Waals surface area contributed by atoms with Crippen LogP contribution in [0.1, 0.15) is 16.7 Å². The van der Waals surface area contributed by atoms with Crippen molar-refractivity contribution >= 4 is 44.1 Å². The molecule has 27 heavy (non-hydrogen) atoms. The molecule has 144 valence electrons. The molecular weight excluding hydrogens is 407 g/mol. The molecule has 10 heteroatoms. The average Bonchev–Trinajstić information content (AvgIpc) is 2.98. The van der Waals surface area contributed by atoms with Crippen molar-refractivity contribution < 1.29 is 30.6 Å². The van der Waals surface area contributed by atoms with Gasteiger partial charge in [0.05, 0.1) is 5.69 Å². The van der Waals surface area contributed by atoms with E-state index in [0.717, 1.165) is 33.7 Å². The highest BCUT2D eigenvalue weighted by Gasteiger charge is 2.44. The van der Waals surface area contributed by atoms with E-state index in [0.29, 0.717) is 0 Å². The zero-order valence-electron chi connectivity index (χ0n) is 13.7. The number of halogens is 4. The third-order valence-electron chi connectivity index (χ3n) is 4.02. The lowest BCUT2D eigenvalue weighted by molar-refractivity contribution is -0.0510. The predicted octanol–water partition coefficient (Wildman–Crippen LogP) is 5.24. The van der Waals surface area contributed by atoms with E-state index in [1.807, 2.05) is 30.3 Å². The zero-order valence-corrected chi connectivity index (χ0v) is 15.3. The third-order valence-corrected chi connectivity index (χ3v) is 5.04. The van der Waals surface area contributed by atoms with Crippen molar-refractivity contribution in [3.8, 4) is 0 Å². The average molecular weight is 420 g/mol. The number of fused-ring (bicyclic) bond motifs is 4. The van der Waals surface area contributed by atoms with Crippen LogP contribution in [0.4, 0.5) is 24.5 Å². The summed E-state index contributed by atoms with van der Waals surface area (Å²) in [5.74, 6) is 0.837. The first-order chi connectivity index (χ1) is 12.5. The largest absolute Gasteiger partial charge is 0.522 e. The predicted molar refractivity (Wildman–Crippen MR) is 96.0 cm³/mol. The van der Waals surface area contributed by atoms with Gasteiger partial charge < -0.3 is 9.32 Å². The van der Waals surface area contributed by atoms with Crippen molar-refractivity contribution in [3.63, 3.8) is 0 Å². The second-order valence-electron chi connectivity index (χ2n) is 5.71. The number of anilines is 2. The van der Waals surface area contributed by atoms with Gasteiger partial charge in [-0.15, -0.1) is 11.6 Å².